The third-order valence-corrected chi connectivity index (χ3v) is 4.63. The lowest BCUT2D eigenvalue weighted by atomic mass is 9.75. The Balaban J connectivity index is 1.90. The fourth-order valence-corrected chi connectivity index (χ4v) is 3.65. The molecule has 2 heteroatoms. The molecule has 0 saturated heterocycles. The summed E-state index contributed by atoms with van der Waals surface area (Å²) in [7, 11) is 0. The first kappa shape index (κ1) is 11.8. The van der Waals surface area contributed by atoms with Gasteiger partial charge in [0, 0.05) is 0 Å². The molecule has 0 aromatic heterocycles. The zero-order valence-electron chi connectivity index (χ0n) is 10.7. The topological polar surface area (TPSA) is 37.3 Å². The average molecular weight is 244 g/mol. The van der Waals surface area contributed by atoms with Crippen molar-refractivity contribution in [2.45, 2.75) is 50.9 Å². The second kappa shape index (κ2) is 4.75. The van der Waals surface area contributed by atoms with Gasteiger partial charge in [0.1, 0.15) is 0 Å². The zero-order valence-corrected chi connectivity index (χ0v) is 10.7. The molecule has 2 nitrogen and oxygen atoms in total. The van der Waals surface area contributed by atoms with Crippen molar-refractivity contribution in [1.82, 2.24) is 0 Å². The second-order valence-corrected chi connectivity index (χ2v) is 5.72. The van der Waals surface area contributed by atoms with Crippen LogP contribution in [0.15, 0.2) is 18.2 Å². The SMILES string of the molecule is O=C(O)C1CCCCC1c1ccc2c(c1)CCC2. The van der Waals surface area contributed by atoms with Gasteiger partial charge in [0.05, 0.1) is 5.92 Å². The van der Waals surface area contributed by atoms with Gasteiger partial charge in [-0.25, -0.2) is 0 Å². The Morgan fingerprint density at radius 1 is 1.06 bits per heavy atom. The van der Waals surface area contributed by atoms with Gasteiger partial charge in [-0.1, -0.05) is 31.0 Å². The van der Waals surface area contributed by atoms with Crippen molar-refractivity contribution >= 4 is 5.97 Å². The maximum Gasteiger partial charge on any atom is 0.307 e. The predicted molar refractivity (Wildman–Crippen MR) is 70.8 cm³/mol. The largest absolute Gasteiger partial charge is 0.481 e. The van der Waals surface area contributed by atoms with E-state index in [-0.39, 0.29) is 11.8 Å². The van der Waals surface area contributed by atoms with E-state index in [0.29, 0.717) is 0 Å². The normalized spacial score (nSPS) is 26.9. The minimum absolute atomic E-state index is 0.168. The number of aryl methyl sites for hydroxylation is 2. The van der Waals surface area contributed by atoms with Gasteiger partial charge >= 0.3 is 5.97 Å². The summed E-state index contributed by atoms with van der Waals surface area (Å²) < 4.78 is 0. The molecule has 0 bridgehead atoms. The summed E-state index contributed by atoms with van der Waals surface area (Å²) in [5.74, 6) is -0.541. The van der Waals surface area contributed by atoms with Crippen LogP contribution < -0.4 is 0 Å². The molecular weight excluding hydrogens is 224 g/mol. The summed E-state index contributed by atoms with van der Waals surface area (Å²) in [5.41, 5.74) is 4.20. The van der Waals surface area contributed by atoms with Crippen LogP contribution >= 0.6 is 0 Å². The molecule has 0 heterocycles. The maximum atomic E-state index is 11.4. The fraction of sp³-hybridized carbons (Fsp3) is 0.562. The molecule has 1 fully saturated rings. The van der Waals surface area contributed by atoms with Gasteiger partial charge in [0.25, 0.3) is 0 Å². The molecule has 1 N–H and O–H groups in total. The van der Waals surface area contributed by atoms with E-state index in [9.17, 15) is 9.90 Å². The van der Waals surface area contributed by atoms with E-state index in [4.69, 9.17) is 0 Å². The van der Waals surface area contributed by atoms with Crippen LogP contribution in [-0.2, 0) is 17.6 Å². The summed E-state index contributed by atoms with van der Waals surface area (Å²) in [6, 6.07) is 6.69. The molecular formula is C16H20O2. The van der Waals surface area contributed by atoms with Crippen molar-refractivity contribution in [1.29, 1.82) is 0 Å². The predicted octanol–water partition coefficient (Wildman–Crippen LogP) is 3.53. The van der Waals surface area contributed by atoms with E-state index < -0.39 is 5.97 Å². The molecule has 1 saturated carbocycles. The first-order chi connectivity index (χ1) is 8.75. The minimum atomic E-state index is -0.611. The lowest BCUT2D eigenvalue weighted by molar-refractivity contribution is -0.143. The number of carboxylic acid groups (broad SMARTS) is 1. The lowest BCUT2D eigenvalue weighted by Gasteiger charge is -2.29. The Morgan fingerprint density at radius 3 is 2.67 bits per heavy atom. The third-order valence-electron chi connectivity index (χ3n) is 4.63. The van der Waals surface area contributed by atoms with Gasteiger partial charge in [-0.2, -0.15) is 0 Å². The number of aliphatic carboxylic acids is 1. The highest BCUT2D eigenvalue weighted by atomic mass is 16.4. The minimum Gasteiger partial charge on any atom is -0.481 e. The summed E-state index contributed by atoms with van der Waals surface area (Å²) in [5, 5.41) is 9.36. The van der Waals surface area contributed by atoms with Gasteiger partial charge in [-0.3, -0.25) is 4.79 Å². The molecule has 2 atom stereocenters. The lowest BCUT2D eigenvalue weighted by Crippen LogP contribution is -2.25. The number of fused-ring (bicyclic) bond motifs is 1. The first-order valence-corrected chi connectivity index (χ1v) is 7.10. The monoisotopic (exact) mass is 244 g/mol. The van der Waals surface area contributed by atoms with Gasteiger partial charge in [0.15, 0.2) is 0 Å². The smallest absolute Gasteiger partial charge is 0.307 e. The van der Waals surface area contributed by atoms with Crippen LogP contribution in [0.2, 0.25) is 0 Å². The molecule has 1 aromatic carbocycles. The summed E-state index contributed by atoms with van der Waals surface area (Å²) >= 11 is 0. The Morgan fingerprint density at radius 2 is 1.83 bits per heavy atom. The Bertz CT molecular complexity index is 464. The fourth-order valence-electron chi connectivity index (χ4n) is 3.65. The van der Waals surface area contributed by atoms with E-state index in [1.807, 2.05) is 0 Å². The highest BCUT2D eigenvalue weighted by Crippen LogP contribution is 2.39. The van der Waals surface area contributed by atoms with E-state index >= 15 is 0 Å². The molecule has 2 aliphatic carbocycles. The van der Waals surface area contributed by atoms with Gasteiger partial charge in [-0.15, -0.1) is 0 Å². The standard InChI is InChI=1S/C16H20O2/c17-16(18)15-7-2-1-6-14(15)13-9-8-11-4-3-5-12(11)10-13/h8-10,14-15H,1-7H2,(H,17,18). The van der Waals surface area contributed by atoms with Gasteiger partial charge < -0.3 is 5.11 Å². The number of rotatable bonds is 2. The molecule has 0 spiro atoms. The Hall–Kier alpha value is -1.31. The highest BCUT2D eigenvalue weighted by Gasteiger charge is 2.32. The molecule has 1 aromatic rings. The van der Waals surface area contributed by atoms with Crippen molar-refractivity contribution in [3.8, 4) is 0 Å². The molecule has 0 amide bonds. The maximum absolute atomic E-state index is 11.4. The van der Waals surface area contributed by atoms with Crippen molar-refractivity contribution in [3.05, 3.63) is 34.9 Å². The third kappa shape index (κ3) is 2.05. The van der Waals surface area contributed by atoms with Crippen LogP contribution in [0.5, 0.6) is 0 Å². The number of carboxylic acids is 1. The molecule has 96 valence electrons. The first-order valence-electron chi connectivity index (χ1n) is 7.10. The van der Waals surface area contributed by atoms with E-state index in [0.717, 1.165) is 19.3 Å². The van der Waals surface area contributed by atoms with Crippen LogP contribution in [0.4, 0.5) is 0 Å². The second-order valence-electron chi connectivity index (χ2n) is 5.72. The van der Waals surface area contributed by atoms with Crippen LogP contribution in [0.1, 0.15) is 54.7 Å². The van der Waals surface area contributed by atoms with Crippen molar-refractivity contribution < 1.29 is 9.90 Å². The zero-order chi connectivity index (χ0) is 12.5. The van der Waals surface area contributed by atoms with Crippen molar-refractivity contribution in [3.63, 3.8) is 0 Å². The molecule has 0 radical (unpaired) electrons. The molecule has 3 rings (SSSR count). The number of hydrogen-bond donors (Lipinski definition) is 1. The van der Waals surface area contributed by atoms with Crippen LogP contribution in [0.25, 0.3) is 0 Å². The molecule has 18 heavy (non-hydrogen) atoms. The summed E-state index contributed by atoms with van der Waals surface area (Å²) in [6.45, 7) is 0. The number of benzene rings is 1. The van der Waals surface area contributed by atoms with Gasteiger partial charge in [-0.05, 0) is 54.7 Å². The number of hydrogen-bond acceptors (Lipinski definition) is 1. The van der Waals surface area contributed by atoms with Crippen molar-refractivity contribution in [2.24, 2.45) is 5.92 Å². The van der Waals surface area contributed by atoms with Crippen LogP contribution in [0, 0.1) is 5.92 Å². The average Bonchev–Trinajstić information content (AvgIpc) is 2.85. The van der Waals surface area contributed by atoms with E-state index in [2.05, 4.69) is 18.2 Å². The van der Waals surface area contributed by atoms with Crippen molar-refractivity contribution in [2.75, 3.05) is 0 Å². The van der Waals surface area contributed by atoms with E-state index in [1.165, 1.54) is 42.4 Å². The summed E-state index contributed by atoms with van der Waals surface area (Å²) in [6.07, 6.45) is 7.75. The molecule has 2 aliphatic rings. The quantitative estimate of drug-likeness (QED) is 0.864. The Labute approximate surface area is 108 Å². The molecule has 2 unspecified atom stereocenters. The molecule has 0 aliphatic heterocycles. The van der Waals surface area contributed by atoms with E-state index in [1.54, 1.807) is 0 Å². The Kier molecular flexibility index (Phi) is 3.11. The summed E-state index contributed by atoms with van der Waals surface area (Å²) in [4.78, 5) is 11.4. The van der Waals surface area contributed by atoms with Crippen LogP contribution in [0.3, 0.4) is 0 Å². The van der Waals surface area contributed by atoms with Gasteiger partial charge in [0.2, 0.25) is 0 Å². The van der Waals surface area contributed by atoms with Crippen LogP contribution in [-0.4, -0.2) is 11.1 Å². The number of carbonyl (C=O) groups is 1. The highest BCUT2D eigenvalue weighted by molar-refractivity contribution is 5.71.